The molecule has 1 fully saturated rings. The second-order valence-corrected chi connectivity index (χ2v) is 9.14. The third-order valence-corrected chi connectivity index (χ3v) is 6.77. The number of phenolic OH excluding ortho intramolecular Hbond substituents is 1. The van der Waals surface area contributed by atoms with Crippen molar-refractivity contribution >= 4 is 12.0 Å². The first-order chi connectivity index (χ1) is 13.1. The minimum atomic E-state index is -0.821. The minimum Gasteiger partial charge on any atom is -0.508 e. The van der Waals surface area contributed by atoms with Gasteiger partial charge in [0.05, 0.1) is 5.60 Å². The van der Waals surface area contributed by atoms with Crippen LogP contribution in [0.5, 0.6) is 5.75 Å². The molecule has 0 aliphatic heterocycles. The van der Waals surface area contributed by atoms with Crippen LogP contribution in [0.2, 0.25) is 0 Å². The van der Waals surface area contributed by atoms with E-state index in [1.165, 1.54) is 11.6 Å². The molecule has 0 saturated heterocycles. The van der Waals surface area contributed by atoms with Crippen molar-refractivity contribution in [3.8, 4) is 5.75 Å². The number of rotatable bonds is 4. The molecule has 2 aliphatic carbocycles. The van der Waals surface area contributed by atoms with E-state index in [1.807, 2.05) is 0 Å². The third kappa shape index (κ3) is 4.02. The maximum atomic E-state index is 12.6. The summed E-state index contributed by atoms with van der Waals surface area (Å²) < 4.78 is 5.94. The van der Waals surface area contributed by atoms with Crippen LogP contribution in [0, 0.1) is 17.3 Å². The summed E-state index contributed by atoms with van der Waals surface area (Å²) in [6.45, 7) is 8.41. The highest BCUT2D eigenvalue weighted by atomic mass is 16.5. The lowest BCUT2D eigenvalue weighted by Gasteiger charge is -2.43. The second-order valence-electron chi connectivity index (χ2n) is 9.14. The quantitative estimate of drug-likeness (QED) is 0.442. The number of allylic oxidation sites excluding steroid dienone is 1. The molecule has 0 radical (unpaired) electrons. The van der Waals surface area contributed by atoms with Crippen LogP contribution in [0.3, 0.4) is 0 Å². The number of hydrogen-bond donors (Lipinski definition) is 2. The van der Waals surface area contributed by atoms with E-state index >= 15 is 0 Å². The van der Waals surface area contributed by atoms with E-state index < -0.39 is 11.6 Å². The fourth-order valence-corrected chi connectivity index (χ4v) is 5.02. The van der Waals surface area contributed by atoms with Gasteiger partial charge >= 0.3 is 5.97 Å². The van der Waals surface area contributed by atoms with Crippen LogP contribution in [0.15, 0.2) is 42.0 Å². The monoisotopic (exact) mass is 384 g/mol. The highest BCUT2D eigenvalue weighted by Crippen LogP contribution is 2.58. The molecule has 0 heterocycles. The Morgan fingerprint density at radius 2 is 1.93 bits per heavy atom. The predicted molar refractivity (Wildman–Crippen MR) is 111 cm³/mol. The Hall–Kier alpha value is -2.07. The molecular weight excluding hydrogens is 352 g/mol. The van der Waals surface area contributed by atoms with Crippen LogP contribution in [-0.2, 0) is 9.53 Å². The molecule has 0 unspecified atom stereocenters. The molecule has 3 rings (SSSR count). The third-order valence-electron chi connectivity index (χ3n) is 6.77. The molecule has 0 amide bonds. The van der Waals surface area contributed by atoms with Gasteiger partial charge in [-0.25, -0.2) is 4.79 Å². The summed E-state index contributed by atoms with van der Waals surface area (Å²) in [6.07, 6.45) is 8.28. The first kappa shape index (κ1) is 20.7. The number of aromatic hydroxyl groups is 1. The summed E-state index contributed by atoms with van der Waals surface area (Å²) in [5, 5.41) is 20.9. The summed E-state index contributed by atoms with van der Waals surface area (Å²) in [5.41, 5.74) is 1.14. The molecule has 4 heteroatoms. The van der Waals surface area contributed by atoms with Gasteiger partial charge in [-0.3, -0.25) is 0 Å². The average molecular weight is 385 g/mol. The van der Waals surface area contributed by atoms with Crippen LogP contribution in [-0.4, -0.2) is 27.9 Å². The SMILES string of the molecule is CC1=CC[C@@]2(C)CC[C@@](O)(C(C)C)[C@@H]2[C@@H](OC(=O)C=Cc2ccc(O)cc2)C1. The van der Waals surface area contributed by atoms with E-state index in [-0.39, 0.29) is 29.1 Å². The van der Waals surface area contributed by atoms with Crippen molar-refractivity contribution < 1.29 is 19.7 Å². The Balaban J connectivity index is 1.82. The number of fused-ring (bicyclic) bond motifs is 1. The molecule has 2 N–H and O–H groups in total. The Labute approximate surface area is 167 Å². The lowest BCUT2D eigenvalue weighted by Crippen LogP contribution is -2.50. The van der Waals surface area contributed by atoms with Gasteiger partial charge in [0.25, 0.3) is 0 Å². The maximum Gasteiger partial charge on any atom is 0.331 e. The lowest BCUT2D eigenvalue weighted by molar-refractivity contribution is -0.160. The van der Waals surface area contributed by atoms with E-state index in [1.54, 1.807) is 30.3 Å². The number of phenols is 1. The number of carbonyl (C=O) groups excluding carboxylic acids is 1. The first-order valence-corrected chi connectivity index (χ1v) is 10.2. The summed E-state index contributed by atoms with van der Waals surface area (Å²) in [5.74, 6) is -0.187. The largest absolute Gasteiger partial charge is 0.508 e. The highest BCUT2D eigenvalue weighted by molar-refractivity contribution is 5.87. The van der Waals surface area contributed by atoms with Gasteiger partial charge in [0, 0.05) is 18.4 Å². The summed E-state index contributed by atoms with van der Waals surface area (Å²) in [6, 6.07) is 6.64. The van der Waals surface area contributed by atoms with Gasteiger partial charge in [0.15, 0.2) is 0 Å². The molecule has 1 aromatic carbocycles. The molecule has 2 aliphatic rings. The Kier molecular flexibility index (Phi) is 5.72. The van der Waals surface area contributed by atoms with Crippen LogP contribution >= 0.6 is 0 Å². The fraction of sp³-hybridized carbons (Fsp3) is 0.542. The molecule has 4 atom stereocenters. The Morgan fingerprint density at radius 1 is 1.25 bits per heavy atom. The van der Waals surface area contributed by atoms with E-state index in [0.29, 0.717) is 6.42 Å². The van der Waals surface area contributed by atoms with Crippen molar-refractivity contribution in [2.45, 2.75) is 65.1 Å². The van der Waals surface area contributed by atoms with Gasteiger partial charge in [-0.1, -0.05) is 44.6 Å². The lowest BCUT2D eigenvalue weighted by atomic mass is 9.67. The standard InChI is InChI=1S/C24H32O4/c1-16(2)24(27)14-13-23(4)12-11-17(3)15-20(22(23)24)28-21(26)10-7-18-5-8-19(25)9-6-18/h5-11,16,20,22,25,27H,12-15H2,1-4H3/t20-,22+,23-,24+/m0/s1. The number of hydrogen-bond acceptors (Lipinski definition) is 4. The second kappa shape index (κ2) is 7.75. The zero-order valence-corrected chi connectivity index (χ0v) is 17.3. The van der Waals surface area contributed by atoms with Crippen molar-refractivity contribution in [2.75, 3.05) is 0 Å². The molecule has 0 spiro atoms. The van der Waals surface area contributed by atoms with E-state index in [4.69, 9.17) is 4.74 Å². The fourth-order valence-electron chi connectivity index (χ4n) is 5.02. The van der Waals surface area contributed by atoms with E-state index in [9.17, 15) is 15.0 Å². The molecule has 0 bridgehead atoms. The van der Waals surface area contributed by atoms with Gasteiger partial charge in [-0.2, -0.15) is 0 Å². The molecular formula is C24H32O4. The topological polar surface area (TPSA) is 66.8 Å². The number of benzene rings is 1. The zero-order valence-electron chi connectivity index (χ0n) is 17.3. The summed E-state index contributed by atoms with van der Waals surface area (Å²) in [4.78, 5) is 12.6. The van der Waals surface area contributed by atoms with Crippen molar-refractivity contribution in [1.82, 2.24) is 0 Å². The Bertz CT molecular complexity index is 776. The van der Waals surface area contributed by atoms with Crippen molar-refractivity contribution in [2.24, 2.45) is 17.3 Å². The summed E-state index contributed by atoms with van der Waals surface area (Å²) >= 11 is 0. The minimum absolute atomic E-state index is 0.0671. The molecule has 4 nitrogen and oxygen atoms in total. The van der Waals surface area contributed by atoms with Gasteiger partial charge in [-0.05, 0) is 61.3 Å². The highest BCUT2D eigenvalue weighted by Gasteiger charge is 2.59. The van der Waals surface area contributed by atoms with Crippen molar-refractivity contribution in [1.29, 1.82) is 0 Å². The van der Waals surface area contributed by atoms with Gasteiger partial charge in [0.1, 0.15) is 11.9 Å². The number of aliphatic hydroxyl groups is 1. The van der Waals surface area contributed by atoms with E-state index in [2.05, 4.69) is 33.8 Å². The molecule has 1 aromatic rings. The van der Waals surface area contributed by atoms with Crippen molar-refractivity contribution in [3.05, 3.63) is 47.6 Å². The number of ether oxygens (including phenoxy) is 1. The zero-order chi connectivity index (χ0) is 20.5. The predicted octanol–water partition coefficient (Wildman–Crippen LogP) is 4.86. The van der Waals surface area contributed by atoms with E-state index in [0.717, 1.165) is 24.8 Å². The first-order valence-electron chi connectivity index (χ1n) is 10.2. The molecule has 152 valence electrons. The average Bonchev–Trinajstić information content (AvgIpc) is 2.84. The summed E-state index contributed by atoms with van der Waals surface area (Å²) in [7, 11) is 0. The maximum absolute atomic E-state index is 12.6. The molecule has 0 aromatic heterocycles. The van der Waals surface area contributed by atoms with Crippen LogP contribution in [0.25, 0.3) is 6.08 Å². The number of esters is 1. The van der Waals surface area contributed by atoms with Gasteiger partial charge in [0.2, 0.25) is 0 Å². The molecule has 1 saturated carbocycles. The Morgan fingerprint density at radius 3 is 2.57 bits per heavy atom. The van der Waals surface area contributed by atoms with Crippen molar-refractivity contribution in [3.63, 3.8) is 0 Å². The van der Waals surface area contributed by atoms with Gasteiger partial charge in [-0.15, -0.1) is 0 Å². The smallest absolute Gasteiger partial charge is 0.331 e. The van der Waals surface area contributed by atoms with Gasteiger partial charge < -0.3 is 14.9 Å². The number of carbonyl (C=O) groups is 1. The molecule has 28 heavy (non-hydrogen) atoms. The normalized spacial score (nSPS) is 32.9. The van der Waals surface area contributed by atoms with Crippen LogP contribution in [0.4, 0.5) is 0 Å². The van der Waals surface area contributed by atoms with Crippen LogP contribution < -0.4 is 0 Å². The van der Waals surface area contributed by atoms with Crippen LogP contribution in [0.1, 0.15) is 58.9 Å².